The van der Waals surface area contributed by atoms with Crippen molar-refractivity contribution in [3.05, 3.63) is 91.1 Å². The van der Waals surface area contributed by atoms with E-state index >= 15 is 0 Å². The standard InChI is InChI=1S/C21H15N3.ClH/c1-3-9-16(10-4-1)20-15-23-19-14-8-7-13-18(19)22-21(23)24(20)17-11-5-2-6-12-17;/h1-15H;1H. The Morgan fingerprint density at radius 2 is 1.32 bits per heavy atom. The number of hydrogen-bond donors (Lipinski definition) is 0. The quantitative estimate of drug-likeness (QED) is 0.422. The lowest BCUT2D eigenvalue weighted by molar-refractivity contribution is 1.08. The van der Waals surface area contributed by atoms with Gasteiger partial charge in [0.1, 0.15) is 0 Å². The fraction of sp³-hybridized carbons (Fsp3) is 0. The van der Waals surface area contributed by atoms with Gasteiger partial charge >= 0.3 is 0 Å². The van der Waals surface area contributed by atoms with Crippen LogP contribution >= 0.6 is 12.4 Å². The molecule has 0 aliphatic rings. The van der Waals surface area contributed by atoms with E-state index in [1.165, 1.54) is 5.56 Å². The third-order valence-corrected chi connectivity index (χ3v) is 4.35. The summed E-state index contributed by atoms with van der Waals surface area (Å²) in [5.41, 5.74) is 5.56. The Kier molecular flexibility index (Phi) is 3.79. The molecule has 4 heteroatoms. The highest BCUT2D eigenvalue weighted by atomic mass is 35.5. The number of para-hydroxylation sites is 3. The van der Waals surface area contributed by atoms with E-state index in [2.05, 4.69) is 81.9 Å². The molecule has 5 rings (SSSR count). The van der Waals surface area contributed by atoms with Gasteiger partial charge in [-0.05, 0) is 24.3 Å². The monoisotopic (exact) mass is 345 g/mol. The number of benzene rings is 3. The molecule has 5 aromatic rings. The average molecular weight is 346 g/mol. The van der Waals surface area contributed by atoms with Gasteiger partial charge < -0.3 is 0 Å². The minimum Gasteiger partial charge on any atom is -0.283 e. The lowest BCUT2D eigenvalue weighted by atomic mass is 10.1. The molecule has 3 aromatic carbocycles. The van der Waals surface area contributed by atoms with Gasteiger partial charge in [-0.15, -0.1) is 12.4 Å². The van der Waals surface area contributed by atoms with Crippen LogP contribution < -0.4 is 0 Å². The van der Waals surface area contributed by atoms with Crippen LogP contribution in [-0.2, 0) is 0 Å². The van der Waals surface area contributed by atoms with Crippen LogP contribution in [0.5, 0.6) is 0 Å². The molecule has 2 heterocycles. The maximum atomic E-state index is 4.86. The minimum atomic E-state index is 0. The molecular weight excluding hydrogens is 330 g/mol. The van der Waals surface area contributed by atoms with Gasteiger partial charge in [-0.3, -0.25) is 8.97 Å². The van der Waals surface area contributed by atoms with Crippen molar-refractivity contribution in [2.75, 3.05) is 0 Å². The number of aromatic nitrogens is 3. The van der Waals surface area contributed by atoms with Gasteiger partial charge in [0.25, 0.3) is 0 Å². The molecule has 0 amide bonds. The maximum absolute atomic E-state index is 4.86. The van der Waals surface area contributed by atoms with Crippen LogP contribution in [-0.4, -0.2) is 14.0 Å². The molecule has 0 radical (unpaired) electrons. The molecule has 0 aliphatic carbocycles. The van der Waals surface area contributed by atoms with E-state index in [4.69, 9.17) is 4.98 Å². The summed E-state index contributed by atoms with van der Waals surface area (Å²) in [7, 11) is 0. The lowest BCUT2D eigenvalue weighted by Crippen LogP contribution is -1.97. The predicted molar refractivity (Wildman–Crippen MR) is 105 cm³/mol. The Balaban J connectivity index is 0.00000157. The molecule has 0 saturated carbocycles. The SMILES string of the molecule is Cl.c1ccc(-c2cn3c4ccccc4nc3n2-c2ccccc2)cc1. The van der Waals surface area contributed by atoms with E-state index in [-0.39, 0.29) is 12.4 Å². The summed E-state index contributed by atoms with van der Waals surface area (Å²) < 4.78 is 4.39. The van der Waals surface area contributed by atoms with E-state index < -0.39 is 0 Å². The summed E-state index contributed by atoms with van der Waals surface area (Å²) >= 11 is 0. The molecular formula is C21H16ClN3. The third kappa shape index (κ3) is 2.41. The maximum Gasteiger partial charge on any atom is 0.220 e. The number of rotatable bonds is 2. The van der Waals surface area contributed by atoms with Gasteiger partial charge in [0, 0.05) is 17.4 Å². The molecule has 0 saturated heterocycles. The molecule has 3 nitrogen and oxygen atoms in total. The van der Waals surface area contributed by atoms with Crippen molar-refractivity contribution in [3.63, 3.8) is 0 Å². The highest BCUT2D eigenvalue weighted by Crippen LogP contribution is 2.29. The largest absolute Gasteiger partial charge is 0.283 e. The second-order valence-corrected chi connectivity index (χ2v) is 5.82. The number of imidazole rings is 2. The first-order chi connectivity index (χ1) is 11.9. The van der Waals surface area contributed by atoms with Crippen LogP contribution in [0, 0.1) is 0 Å². The van der Waals surface area contributed by atoms with Crippen LogP contribution in [0.2, 0.25) is 0 Å². The second kappa shape index (κ2) is 6.11. The highest BCUT2D eigenvalue weighted by molar-refractivity contribution is 5.85. The van der Waals surface area contributed by atoms with Crippen molar-refractivity contribution < 1.29 is 0 Å². The summed E-state index contributed by atoms with van der Waals surface area (Å²) in [6.45, 7) is 0. The van der Waals surface area contributed by atoms with Crippen molar-refractivity contribution in [2.45, 2.75) is 0 Å². The van der Waals surface area contributed by atoms with E-state index in [9.17, 15) is 0 Å². The van der Waals surface area contributed by atoms with Crippen LogP contribution in [0.25, 0.3) is 33.8 Å². The number of hydrogen-bond acceptors (Lipinski definition) is 1. The first-order valence-corrected chi connectivity index (χ1v) is 8.01. The minimum absolute atomic E-state index is 0. The zero-order valence-corrected chi connectivity index (χ0v) is 14.2. The van der Waals surface area contributed by atoms with Crippen molar-refractivity contribution in [1.29, 1.82) is 0 Å². The molecule has 0 aliphatic heterocycles. The molecule has 0 N–H and O–H groups in total. The van der Waals surface area contributed by atoms with Crippen molar-refractivity contribution in [3.8, 4) is 16.9 Å². The second-order valence-electron chi connectivity index (χ2n) is 5.82. The van der Waals surface area contributed by atoms with Gasteiger partial charge in [-0.1, -0.05) is 60.7 Å². The Hall–Kier alpha value is -3.04. The fourth-order valence-corrected chi connectivity index (χ4v) is 3.25. The summed E-state index contributed by atoms with van der Waals surface area (Å²) in [6, 6.07) is 29.1. The predicted octanol–water partition coefficient (Wildman–Crippen LogP) is 5.37. The summed E-state index contributed by atoms with van der Waals surface area (Å²) in [6.07, 6.45) is 2.17. The molecule has 0 bridgehead atoms. The average Bonchev–Trinajstić information content (AvgIpc) is 3.19. The highest BCUT2D eigenvalue weighted by Gasteiger charge is 2.16. The van der Waals surface area contributed by atoms with E-state index in [0.29, 0.717) is 0 Å². The van der Waals surface area contributed by atoms with E-state index in [1.807, 2.05) is 18.2 Å². The Morgan fingerprint density at radius 3 is 2.08 bits per heavy atom. The molecule has 122 valence electrons. The van der Waals surface area contributed by atoms with Gasteiger partial charge in [-0.25, -0.2) is 4.98 Å². The van der Waals surface area contributed by atoms with Gasteiger partial charge in [-0.2, -0.15) is 0 Å². The number of halogens is 1. The molecule has 25 heavy (non-hydrogen) atoms. The summed E-state index contributed by atoms with van der Waals surface area (Å²) in [5.74, 6) is 0.932. The smallest absolute Gasteiger partial charge is 0.220 e. The first kappa shape index (κ1) is 15.5. The van der Waals surface area contributed by atoms with Crippen molar-refractivity contribution in [2.24, 2.45) is 0 Å². The van der Waals surface area contributed by atoms with E-state index in [0.717, 1.165) is 28.2 Å². The third-order valence-electron chi connectivity index (χ3n) is 4.35. The lowest BCUT2D eigenvalue weighted by Gasteiger charge is -2.08. The van der Waals surface area contributed by atoms with Gasteiger partial charge in [0.05, 0.1) is 16.7 Å². The Morgan fingerprint density at radius 1 is 0.680 bits per heavy atom. The van der Waals surface area contributed by atoms with Crippen molar-refractivity contribution in [1.82, 2.24) is 14.0 Å². The summed E-state index contributed by atoms with van der Waals surface area (Å²) in [5, 5.41) is 0. The van der Waals surface area contributed by atoms with E-state index in [1.54, 1.807) is 0 Å². The first-order valence-electron chi connectivity index (χ1n) is 8.01. The number of nitrogens with zero attached hydrogens (tertiary/aromatic N) is 3. The molecule has 0 atom stereocenters. The Labute approximate surface area is 151 Å². The van der Waals surface area contributed by atoms with Crippen LogP contribution in [0.15, 0.2) is 91.1 Å². The molecule has 0 unspecified atom stereocenters. The topological polar surface area (TPSA) is 22.2 Å². The number of fused-ring (bicyclic) bond motifs is 3. The molecule has 0 fully saturated rings. The zero-order chi connectivity index (χ0) is 15.9. The van der Waals surface area contributed by atoms with Crippen molar-refractivity contribution >= 4 is 29.2 Å². The van der Waals surface area contributed by atoms with Crippen LogP contribution in [0.4, 0.5) is 0 Å². The normalized spacial score (nSPS) is 10.9. The zero-order valence-electron chi connectivity index (χ0n) is 13.4. The Bertz CT molecular complexity index is 1140. The molecule has 0 spiro atoms. The van der Waals surface area contributed by atoms with Gasteiger partial charge in [0.2, 0.25) is 5.78 Å². The molecule has 2 aromatic heterocycles. The van der Waals surface area contributed by atoms with Gasteiger partial charge in [0.15, 0.2) is 0 Å². The summed E-state index contributed by atoms with van der Waals surface area (Å²) in [4.78, 5) is 4.86. The van der Waals surface area contributed by atoms with Crippen LogP contribution in [0.1, 0.15) is 0 Å². The van der Waals surface area contributed by atoms with Crippen LogP contribution in [0.3, 0.4) is 0 Å². The fourth-order valence-electron chi connectivity index (χ4n) is 3.25.